The van der Waals surface area contributed by atoms with Crippen LogP contribution in [0.3, 0.4) is 0 Å². The van der Waals surface area contributed by atoms with Crippen molar-refractivity contribution in [2.24, 2.45) is 5.92 Å². The molecule has 1 saturated heterocycles. The summed E-state index contributed by atoms with van der Waals surface area (Å²) in [7, 11) is 0. The summed E-state index contributed by atoms with van der Waals surface area (Å²) < 4.78 is 0. The smallest absolute Gasteiger partial charge is 0.255 e. The zero-order valence-corrected chi connectivity index (χ0v) is 15.0. The molecule has 0 bridgehead atoms. The lowest BCUT2D eigenvalue weighted by molar-refractivity contribution is -0.137. The van der Waals surface area contributed by atoms with E-state index in [0.717, 1.165) is 18.4 Å². The fraction of sp³-hybridized carbons (Fsp3) is 0.474. The van der Waals surface area contributed by atoms with Gasteiger partial charge in [-0.05, 0) is 43.0 Å². The second kappa shape index (κ2) is 7.27. The molecule has 2 N–H and O–H groups in total. The highest BCUT2D eigenvalue weighted by molar-refractivity contribution is 6.05. The van der Waals surface area contributed by atoms with E-state index >= 15 is 0 Å². The maximum atomic E-state index is 12.6. The molecule has 3 rings (SSSR count). The lowest BCUT2D eigenvalue weighted by atomic mass is 10.0. The summed E-state index contributed by atoms with van der Waals surface area (Å²) in [6.07, 6.45) is 2.11. The van der Waals surface area contributed by atoms with Crippen molar-refractivity contribution in [3.63, 3.8) is 0 Å². The predicted octanol–water partition coefficient (Wildman–Crippen LogP) is 1.82. The van der Waals surface area contributed by atoms with Crippen molar-refractivity contribution in [2.45, 2.75) is 52.1 Å². The Bertz CT molecular complexity index is 770. The molecule has 7 heteroatoms. The zero-order valence-electron chi connectivity index (χ0n) is 15.0. The second-order valence-electron chi connectivity index (χ2n) is 6.77. The van der Waals surface area contributed by atoms with E-state index in [2.05, 4.69) is 10.6 Å². The highest BCUT2D eigenvalue weighted by Gasteiger charge is 2.39. The highest BCUT2D eigenvalue weighted by Crippen LogP contribution is 2.29. The summed E-state index contributed by atoms with van der Waals surface area (Å²) in [6.45, 7) is 4.26. The second-order valence-corrected chi connectivity index (χ2v) is 6.77. The van der Waals surface area contributed by atoms with Crippen molar-refractivity contribution in [1.82, 2.24) is 10.2 Å². The van der Waals surface area contributed by atoms with Gasteiger partial charge in [0.1, 0.15) is 6.04 Å². The Kier molecular flexibility index (Phi) is 5.06. The Balaban J connectivity index is 1.75. The van der Waals surface area contributed by atoms with Gasteiger partial charge in [0.05, 0.1) is 0 Å². The van der Waals surface area contributed by atoms with E-state index in [1.807, 2.05) is 13.8 Å². The summed E-state index contributed by atoms with van der Waals surface area (Å²) in [6, 6.07) is 4.56. The summed E-state index contributed by atoms with van der Waals surface area (Å²) in [5.41, 5.74) is 1.97. The molecule has 7 nitrogen and oxygen atoms in total. The van der Waals surface area contributed by atoms with Crippen molar-refractivity contribution < 1.29 is 19.2 Å². The molecule has 2 aliphatic heterocycles. The molecule has 1 aromatic rings. The molecule has 1 atom stereocenters. The molecule has 1 aromatic carbocycles. The van der Waals surface area contributed by atoms with Crippen molar-refractivity contribution in [1.29, 1.82) is 0 Å². The highest BCUT2D eigenvalue weighted by atomic mass is 16.2. The third kappa shape index (κ3) is 3.34. The van der Waals surface area contributed by atoms with Crippen LogP contribution in [0.25, 0.3) is 0 Å². The minimum Gasteiger partial charge on any atom is -0.326 e. The minimum atomic E-state index is -0.629. The first kappa shape index (κ1) is 18.1. The fourth-order valence-electron chi connectivity index (χ4n) is 3.56. The fourth-order valence-corrected chi connectivity index (χ4v) is 3.56. The molecule has 2 aliphatic rings. The predicted molar refractivity (Wildman–Crippen MR) is 95.2 cm³/mol. The van der Waals surface area contributed by atoms with Crippen LogP contribution in [-0.2, 0) is 20.9 Å². The van der Waals surface area contributed by atoms with Gasteiger partial charge in [-0.15, -0.1) is 0 Å². The first-order valence-electron chi connectivity index (χ1n) is 9.03. The number of piperidine rings is 1. The number of amides is 4. The van der Waals surface area contributed by atoms with Crippen molar-refractivity contribution >= 4 is 29.3 Å². The van der Waals surface area contributed by atoms with Gasteiger partial charge in [-0.1, -0.05) is 13.8 Å². The molecule has 0 radical (unpaired) electrons. The minimum absolute atomic E-state index is 0.0266. The maximum absolute atomic E-state index is 12.6. The lowest BCUT2D eigenvalue weighted by Crippen LogP contribution is -2.52. The summed E-state index contributed by atoms with van der Waals surface area (Å²) in [5, 5.41) is 5.19. The van der Waals surface area contributed by atoms with Gasteiger partial charge in [0, 0.05) is 30.1 Å². The molecule has 4 amide bonds. The number of carbonyl (C=O) groups is 4. The van der Waals surface area contributed by atoms with Crippen molar-refractivity contribution in [3.05, 3.63) is 29.3 Å². The molecule has 1 unspecified atom stereocenters. The first-order valence-corrected chi connectivity index (χ1v) is 9.03. The maximum Gasteiger partial charge on any atom is 0.255 e. The van der Waals surface area contributed by atoms with Gasteiger partial charge < -0.3 is 10.2 Å². The number of rotatable bonds is 5. The largest absolute Gasteiger partial charge is 0.326 e. The van der Waals surface area contributed by atoms with Gasteiger partial charge in [-0.3, -0.25) is 24.5 Å². The van der Waals surface area contributed by atoms with Crippen LogP contribution in [0.2, 0.25) is 0 Å². The molecule has 2 heterocycles. The van der Waals surface area contributed by atoms with Crippen LogP contribution in [0.15, 0.2) is 18.2 Å². The van der Waals surface area contributed by atoms with Crippen LogP contribution in [0.4, 0.5) is 5.69 Å². The number of imide groups is 1. The lowest BCUT2D eigenvalue weighted by Gasteiger charge is -2.29. The van der Waals surface area contributed by atoms with Gasteiger partial charge in [0.15, 0.2) is 0 Å². The van der Waals surface area contributed by atoms with Crippen molar-refractivity contribution in [3.8, 4) is 0 Å². The first-order chi connectivity index (χ1) is 12.4. The monoisotopic (exact) mass is 357 g/mol. The van der Waals surface area contributed by atoms with E-state index in [0.29, 0.717) is 24.2 Å². The number of fused-ring (bicyclic) bond motifs is 1. The van der Waals surface area contributed by atoms with E-state index in [1.165, 1.54) is 4.90 Å². The Morgan fingerprint density at radius 3 is 2.65 bits per heavy atom. The molecule has 0 saturated carbocycles. The van der Waals surface area contributed by atoms with Gasteiger partial charge in [-0.2, -0.15) is 0 Å². The molecule has 138 valence electrons. The van der Waals surface area contributed by atoms with Crippen LogP contribution in [0.1, 0.15) is 55.5 Å². The van der Waals surface area contributed by atoms with Crippen LogP contribution in [0, 0.1) is 5.92 Å². The van der Waals surface area contributed by atoms with E-state index in [9.17, 15) is 19.2 Å². The molecular formula is C19H23N3O4. The summed E-state index contributed by atoms with van der Waals surface area (Å²) in [5.74, 6) is -1.01. The molecule has 0 aliphatic carbocycles. The standard InChI is InChI=1S/C19H23N3O4/c1-3-11(4-2)17(24)20-13-5-6-14-12(9-13)10-22(19(14)26)15-7-8-16(23)21-18(15)25/h5-6,9,11,15H,3-4,7-8,10H2,1-2H3,(H,20,24)(H,21,23,25). The average Bonchev–Trinajstić information content (AvgIpc) is 2.92. The Hall–Kier alpha value is -2.70. The van der Waals surface area contributed by atoms with Crippen LogP contribution >= 0.6 is 0 Å². The quantitative estimate of drug-likeness (QED) is 0.786. The third-order valence-electron chi connectivity index (χ3n) is 5.15. The number of hydrogen-bond acceptors (Lipinski definition) is 4. The summed E-state index contributed by atoms with van der Waals surface area (Å²) in [4.78, 5) is 49.8. The normalized spacial score (nSPS) is 19.6. The number of nitrogens with one attached hydrogen (secondary N) is 2. The molecule has 0 spiro atoms. The Labute approximate surface area is 152 Å². The Morgan fingerprint density at radius 2 is 2.00 bits per heavy atom. The summed E-state index contributed by atoms with van der Waals surface area (Å²) >= 11 is 0. The van der Waals surface area contributed by atoms with Crippen LogP contribution in [0.5, 0.6) is 0 Å². The average molecular weight is 357 g/mol. The zero-order chi connectivity index (χ0) is 18.8. The number of hydrogen-bond donors (Lipinski definition) is 2. The molecular weight excluding hydrogens is 334 g/mol. The molecule has 1 fully saturated rings. The topological polar surface area (TPSA) is 95.6 Å². The number of benzene rings is 1. The van der Waals surface area contributed by atoms with Crippen LogP contribution < -0.4 is 10.6 Å². The number of carbonyl (C=O) groups excluding carboxylic acids is 4. The van der Waals surface area contributed by atoms with Gasteiger partial charge in [-0.25, -0.2) is 0 Å². The Morgan fingerprint density at radius 1 is 1.27 bits per heavy atom. The van der Waals surface area contributed by atoms with Gasteiger partial charge in [0.2, 0.25) is 17.7 Å². The number of nitrogens with zero attached hydrogens (tertiary/aromatic N) is 1. The molecule has 0 aromatic heterocycles. The van der Waals surface area contributed by atoms with Crippen LogP contribution in [-0.4, -0.2) is 34.6 Å². The van der Waals surface area contributed by atoms with E-state index in [1.54, 1.807) is 18.2 Å². The van der Waals surface area contributed by atoms with Gasteiger partial charge >= 0.3 is 0 Å². The number of anilines is 1. The third-order valence-corrected chi connectivity index (χ3v) is 5.15. The van der Waals surface area contributed by atoms with E-state index in [-0.39, 0.29) is 30.1 Å². The van der Waals surface area contributed by atoms with Crippen molar-refractivity contribution in [2.75, 3.05) is 5.32 Å². The van der Waals surface area contributed by atoms with E-state index < -0.39 is 11.9 Å². The SMILES string of the molecule is CCC(CC)C(=O)Nc1ccc2c(c1)CN(C1CCC(=O)NC1=O)C2=O. The van der Waals surface area contributed by atoms with E-state index in [4.69, 9.17) is 0 Å². The molecule has 26 heavy (non-hydrogen) atoms. The van der Waals surface area contributed by atoms with Gasteiger partial charge in [0.25, 0.3) is 5.91 Å².